The maximum atomic E-state index is 9.04. The molecule has 0 radical (unpaired) electrons. The summed E-state index contributed by atoms with van der Waals surface area (Å²) in [6.45, 7) is 3.25. The van der Waals surface area contributed by atoms with E-state index in [1.165, 1.54) is 18.0 Å². The number of anilines is 2. The summed E-state index contributed by atoms with van der Waals surface area (Å²) in [4.78, 5) is 4.45. The van der Waals surface area contributed by atoms with Gasteiger partial charge in [0.05, 0.1) is 0 Å². The second-order valence-electron chi connectivity index (χ2n) is 4.66. The van der Waals surface area contributed by atoms with Gasteiger partial charge in [-0.05, 0) is 37.5 Å². The second kappa shape index (κ2) is 4.90. The Balaban J connectivity index is 2.05. The summed E-state index contributed by atoms with van der Waals surface area (Å²) >= 11 is 1.31. The molecule has 1 unspecified atom stereocenters. The lowest BCUT2D eigenvalue weighted by Gasteiger charge is -2.21. The van der Waals surface area contributed by atoms with Gasteiger partial charge in [0, 0.05) is 20.1 Å². The lowest BCUT2D eigenvalue weighted by molar-refractivity contribution is 0.396. The second-order valence-corrected chi connectivity index (χ2v) is 5.41. The highest BCUT2D eigenvalue weighted by Gasteiger charge is 2.23. The third-order valence-corrected chi connectivity index (χ3v) is 4.16. The van der Waals surface area contributed by atoms with Crippen LogP contribution in [0.1, 0.15) is 12.0 Å². The number of hydrogen-bond donors (Lipinski definition) is 1. The van der Waals surface area contributed by atoms with Gasteiger partial charge < -0.3 is 15.5 Å². The highest BCUT2D eigenvalue weighted by Crippen LogP contribution is 2.30. The summed E-state index contributed by atoms with van der Waals surface area (Å²) in [5.74, 6) is 1.02. The average molecular weight is 251 g/mol. The van der Waals surface area contributed by atoms with Crippen LogP contribution < -0.4 is 10.6 Å². The Labute approximate surface area is 106 Å². The van der Waals surface area contributed by atoms with Gasteiger partial charge in [0.15, 0.2) is 5.82 Å². The first-order valence-electron chi connectivity index (χ1n) is 5.66. The number of aromatic nitrogens is 1. The molecule has 2 heterocycles. The van der Waals surface area contributed by atoms with Crippen LogP contribution >= 0.6 is 11.5 Å². The zero-order valence-corrected chi connectivity index (χ0v) is 11.0. The van der Waals surface area contributed by atoms with Crippen molar-refractivity contribution < 1.29 is 0 Å². The van der Waals surface area contributed by atoms with Crippen molar-refractivity contribution in [3.05, 3.63) is 5.56 Å². The van der Waals surface area contributed by atoms with Crippen LogP contribution in [-0.4, -0.2) is 43.0 Å². The minimum atomic E-state index is 0.350. The van der Waals surface area contributed by atoms with E-state index < -0.39 is 0 Å². The van der Waals surface area contributed by atoms with Crippen LogP contribution in [0.25, 0.3) is 0 Å². The van der Waals surface area contributed by atoms with Gasteiger partial charge >= 0.3 is 0 Å². The lowest BCUT2D eigenvalue weighted by atomic mass is 10.1. The molecule has 1 aliphatic heterocycles. The normalized spacial score (nSPS) is 20.4. The molecule has 1 aromatic rings. The predicted molar refractivity (Wildman–Crippen MR) is 70.1 cm³/mol. The monoisotopic (exact) mass is 251 g/mol. The zero-order chi connectivity index (χ0) is 12.4. The molecule has 0 amide bonds. The Morgan fingerprint density at radius 1 is 1.71 bits per heavy atom. The first-order chi connectivity index (χ1) is 8.11. The molecular formula is C11H17N5S. The molecule has 2 N–H and O–H groups in total. The van der Waals surface area contributed by atoms with Crippen LogP contribution in [0.3, 0.4) is 0 Å². The SMILES string of the molecule is CN1CCC(CN(C)c2snc(N)c2C#N)C1. The van der Waals surface area contributed by atoms with Gasteiger partial charge in [-0.2, -0.15) is 9.64 Å². The fourth-order valence-corrected chi connectivity index (χ4v) is 3.04. The van der Waals surface area contributed by atoms with E-state index in [0.29, 0.717) is 17.3 Å². The molecule has 92 valence electrons. The third kappa shape index (κ3) is 2.51. The summed E-state index contributed by atoms with van der Waals surface area (Å²) < 4.78 is 4.04. The van der Waals surface area contributed by atoms with Crippen LogP contribution in [0.2, 0.25) is 0 Å². The van der Waals surface area contributed by atoms with Crippen molar-refractivity contribution in [1.29, 1.82) is 5.26 Å². The van der Waals surface area contributed by atoms with E-state index in [1.807, 2.05) is 7.05 Å². The summed E-state index contributed by atoms with van der Waals surface area (Å²) in [7, 11) is 4.15. The van der Waals surface area contributed by atoms with Crippen molar-refractivity contribution >= 4 is 22.4 Å². The molecule has 1 aliphatic rings. The molecule has 1 atom stereocenters. The van der Waals surface area contributed by atoms with Crippen LogP contribution in [0.4, 0.5) is 10.8 Å². The summed E-state index contributed by atoms with van der Waals surface area (Å²) in [5.41, 5.74) is 6.18. The molecule has 0 aromatic carbocycles. The minimum absolute atomic E-state index is 0.350. The summed E-state index contributed by atoms with van der Waals surface area (Å²) in [5, 5.41) is 9.93. The van der Waals surface area contributed by atoms with E-state index in [4.69, 9.17) is 11.0 Å². The van der Waals surface area contributed by atoms with Crippen LogP contribution in [0.5, 0.6) is 0 Å². The van der Waals surface area contributed by atoms with Crippen molar-refractivity contribution in [2.45, 2.75) is 6.42 Å². The quantitative estimate of drug-likeness (QED) is 0.867. The number of rotatable bonds is 3. The van der Waals surface area contributed by atoms with E-state index in [1.54, 1.807) is 0 Å². The van der Waals surface area contributed by atoms with Gasteiger partial charge in [-0.25, -0.2) is 0 Å². The van der Waals surface area contributed by atoms with Gasteiger partial charge in [0.1, 0.15) is 16.6 Å². The molecule has 0 saturated carbocycles. The Bertz CT molecular complexity index is 436. The molecule has 0 bridgehead atoms. The van der Waals surface area contributed by atoms with Crippen molar-refractivity contribution in [1.82, 2.24) is 9.27 Å². The maximum Gasteiger partial charge on any atom is 0.157 e. The van der Waals surface area contributed by atoms with E-state index in [2.05, 4.69) is 27.3 Å². The van der Waals surface area contributed by atoms with Crippen molar-refractivity contribution in [2.75, 3.05) is 44.4 Å². The van der Waals surface area contributed by atoms with Gasteiger partial charge in [-0.3, -0.25) is 0 Å². The Kier molecular flexibility index (Phi) is 3.50. The van der Waals surface area contributed by atoms with Crippen molar-refractivity contribution in [3.63, 3.8) is 0 Å². The third-order valence-electron chi connectivity index (χ3n) is 3.18. The smallest absolute Gasteiger partial charge is 0.157 e. The fraction of sp³-hybridized carbons (Fsp3) is 0.636. The molecule has 6 heteroatoms. The van der Waals surface area contributed by atoms with Crippen molar-refractivity contribution in [3.8, 4) is 6.07 Å². The molecule has 5 nitrogen and oxygen atoms in total. The van der Waals surface area contributed by atoms with Gasteiger partial charge in [-0.15, -0.1) is 0 Å². The first-order valence-corrected chi connectivity index (χ1v) is 6.44. The van der Waals surface area contributed by atoms with Crippen LogP contribution in [0.15, 0.2) is 0 Å². The Morgan fingerprint density at radius 3 is 3.06 bits per heavy atom. The molecule has 1 aromatic heterocycles. The molecule has 0 spiro atoms. The lowest BCUT2D eigenvalue weighted by Crippen LogP contribution is -2.27. The van der Waals surface area contributed by atoms with E-state index in [9.17, 15) is 0 Å². The number of nitrogen functional groups attached to an aromatic ring is 1. The number of hydrogen-bond acceptors (Lipinski definition) is 6. The van der Waals surface area contributed by atoms with Crippen LogP contribution in [-0.2, 0) is 0 Å². The zero-order valence-electron chi connectivity index (χ0n) is 10.2. The molecule has 0 aliphatic carbocycles. The highest BCUT2D eigenvalue weighted by molar-refractivity contribution is 7.10. The number of nitrogens with two attached hydrogens (primary N) is 1. The van der Waals surface area contributed by atoms with E-state index >= 15 is 0 Å². The minimum Gasteiger partial charge on any atom is -0.382 e. The maximum absolute atomic E-state index is 9.04. The number of nitrogens with zero attached hydrogens (tertiary/aromatic N) is 4. The topological polar surface area (TPSA) is 69.2 Å². The largest absolute Gasteiger partial charge is 0.382 e. The van der Waals surface area contributed by atoms with Crippen molar-refractivity contribution in [2.24, 2.45) is 5.92 Å². The number of likely N-dealkylation sites (tertiary alicyclic amines) is 1. The van der Waals surface area contributed by atoms with E-state index in [-0.39, 0.29) is 0 Å². The average Bonchev–Trinajstić information content (AvgIpc) is 2.84. The first kappa shape index (κ1) is 12.1. The standard InChI is InChI=1S/C11H17N5S/c1-15-4-3-8(6-15)7-16(2)11-9(5-12)10(13)14-17-11/h8H,3-4,6-7H2,1-2H3,(H2,13,14). The molecule has 1 saturated heterocycles. The molecule has 17 heavy (non-hydrogen) atoms. The van der Waals surface area contributed by atoms with Gasteiger partial charge in [0.25, 0.3) is 0 Å². The fourth-order valence-electron chi connectivity index (χ4n) is 2.30. The number of nitriles is 1. The summed E-state index contributed by atoms with van der Waals surface area (Å²) in [6.07, 6.45) is 1.22. The highest BCUT2D eigenvalue weighted by atomic mass is 32.1. The molecule has 1 fully saturated rings. The molecular weight excluding hydrogens is 234 g/mol. The predicted octanol–water partition coefficient (Wildman–Crippen LogP) is 0.985. The molecule has 2 rings (SSSR count). The van der Waals surface area contributed by atoms with E-state index in [0.717, 1.165) is 24.6 Å². The summed E-state index contributed by atoms with van der Waals surface area (Å²) in [6, 6.07) is 2.13. The van der Waals surface area contributed by atoms with Gasteiger partial charge in [-0.1, -0.05) is 0 Å². The van der Waals surface area contributed by atoms with Crippen LogP contribution in [0, 0.1) is 17.2 Å². The van der Waals surface area contributed by atoms with Gasteiger partial charge in [0.2, 0.25) is 0 Å². The Morgan fingerprint density at radius 2 is 2.47 bits per heavy atom. The Hall–Kier alpha value is -1.32.